The summed E-state index contributed by atoms with van der Waals surface area (Å²) in [4.78, 5) is 12.1. The predicted octanol–water partition coefficient (Wildman–Crippen LogP) is 3.96. The minimum Gasteiger partial charge on any atom is -0.299 e. The molecule has 16 heavy (non-hydrogen) atoms. The highest BCUT2D eigenvalue weighted by molar-refractivity contribution is 5.81. The van der Waals surface area contributed by atoms with Crippen molar-refractivity contribution in [2.24, 2.45) is 23.7 Å². The van der Waals surface area contributed by atoms with E-state index < -0.39 is 0 Å². The zero-order chi connectivity index (χ0) is 11.0. The number of hydrogen-bond donors (Lipinski definition) is 0. The molecule has 0 aromatic heterocycles. The van der Waals surface area contributed by atoms with Crippen molar-refractivity contribution in [3.05, 3.63) is 0 Å². The van der Waals surface area contributed by atoms with E-state index in [0.29, 0.717) is 11.7 Å². The number of carbonyl (C=O) groups is 1. The van der Waals surface area contributed by atoms with Crippen molar-refractivity contribution in [1.82, 2.24) is 0 Å². The molecule has 1 nitrogen and oxygen atoms in total. The number of hydrogen-bond acceptors (Lipinski definition) is 1. The predicted molar refractivity (Wildman–Crippen MR) is 65.1 cm³/mol. The van der Waals surface area contributed by atoms with Crippen molar-refractivity contribution in [3.63, 3.8) is 0 Å². The van der Waals surface area contributed by atoms with E-state index in [1.54, 1.807) is 0 Å². The molecule has 3 unspecified atom stereocenters. The van der Waals surface area contributed by atoms with Gasteiger partial charge in [0.25, 0.3) is 0 Å². The monoisotopic (exact) mass is 220 g/mol. The molecular formula is C15H24O. The second kappa shape index (κ2) is 4.50. The number of fused-ring (bicyclic) bond motifs is 1. The van der Waals surface area contributed by atoms with Gasteiger partial charge in [-0.2, -0.15) is 0 Å². The molecule has 0 radical (unpaired) electrons. The van der Waals surface area contributed by atoms with Crippen LogP contribution < -0.4 is 0 Å². The molecule has 3 aliphatic carbocycles. The van der Waals surface area contributed by atoms with Crippen molar-refractivity contribution in [2.75, 3.05) is 0 Å². The molecule has 3 atom stereocenters. The highest BCUT2D eigenvalue weighted by Crippen LogP contribution is 2.44. The lowest BCUT2D eigenvalue weighted by atomic mass is 9.66. The third kappa shape index (κ3) is 2.33. The lowest BCUT2D eigenvalue weighted by Gasteiger charge is -2.38. The summed E-state index contributed by atoms with van der Waals surface area (Å²) >= 11 is 0. The van der Waals surface area contributed by atoms with Crippen LogP contribution in [0.25, 0.3) is 0 Å². The Morgan fingerprint density at radius 3 is 2.38 bits per heavy atom. The van der Waals surface area contributed by atoms with Gasteiger partial charge in [0.2, 0.25) is 0 Å². The number of carbonyl (C=O) groups excluding carboxylic acids is 1. The molecule has 3 fully saturated rings. The molecule has 0 aromatic rings. The maximum atomic E-state index is 12.1. The molecule has 0 heterocycles. The van der Waals surface area contributed by atoms with E-state index in [9.17, 15) is 4.79 Å². The Balaban J connectivity index is 1.54. The topological polar surface area (TPSA) is 17.1 Å². The van der Waals surface area contributed by atoms with Gasteiger partial charge in [0.15, 0.2) is 0 Å². The summed E-state index contributed by atoms with van der Waals surface area (Å²) in [6.45, 7) is 0. The first-order valence-electron chi connectivity index (χ1n) is 7.35. The van der Waals surface area contributed by atoms with Crippen LogP contribution in [0.4, 0.5) is 0 Å². The first kappa shape index (κ1) is 10.8. The van der Waals surface area contributed by atoms with Gasteiger partial charge >= 0.3 is 0 Å². The van der Waals surface area contributed by atoms with Gasteiger partial charge in [-0.25, -0.2) is 0 Å². The Morgan fingerprint density at radius 2 is 1.62 bits per heavy atom. The smallest absolute Gasteiger partial charge is 0.136 e. The number of Topliss-reactive ketones (excluding diaryl/α,β-unsaturated/α-hetero) is 1. The Labute approximate surface area is 99.0 Å². The van der Waals surface area contributed by atoms with Crippen molar-refractivity contribution >= 4 is 5.78 Å². The van der Waals surface area contributed by atoms with Gasteiger partial charge in [-0.3, -0.25) is 4.79 Å². The maximum Gasteiger partial charge on any atom is 0.136 e. The lowest BCUT2D eigenvalue weighted by molar-refractivity contribution is -0.125. The average molecular weight is 220 g/mol. The van der Waals surface area contributed by atoms with Crippen LogP contribution in [-0.2, 0) is 4.79 Å². The normalized spacial score (nSPS) is 39.1. The van der Waals surface area contributed by atoms with Crippen LogP contribution in [0.15, 0.2) is 0 Å². The third-order valence-corrected chi connectivity index (χ3v) is 5.18. The zero-order valence-corrected chi connectivity index (χ0v) is 10.3. The Morgan fingerprint density at radius 1 is 0.875 bits per heavy atom. The summed E-state index contributed by atoms with van der Waals surface area (Å²) in [5.41, 5.74) is 0. The van der Waals surface area contributed by atoms with Crippen LogP contribution in [0, 0.1) is 23.7 Å². The van der Waals surface area contributed by atoms with Crippen molar-refractivity contribution in [2.45, 2.75) is 64.2 Å². The molecule has 0 aromatic carbocycles. The van der Waals surface area contributed by atoms with Crippen LogP contribution in [0.5, 0.6) is 0 Å². The van der Waals surface area contributed by atoms with Crippen molar-refractivity contribution in [1.29, 1.82) is 0 Å². The van der Waals surface area contributed by atoms with Gasteiger partial charge < -0.3 is 0 Å². The van der Waals surface area contributed by atoms with E-state index >= 15 is 0 Å². The molecule has 90 valence electrons. The molecule has 3 rings (SSSR count). The molecule has 0 aliphatic heterocycles. The van der Waals surface area contributed by atoms with Gasteiger partial charge in [-0.05, 0) is 49.9 Å². The summed E-state index contributed by atoms with van der Waals surface area (Å²) in [5.74, 6) is 3.76. The van der Waals surface area contributed by atoms with Gasteiger partial charge in [0.1, 0.15) is 5.78 Å². The van der Waals surface area contributed by atoms with Gasteiger partial charge in [-0.15, -0.1) is 0 Å². The van der Waals surface area contributed by atoms with E-state index in [2.05, 4.69) is 0 Å². The number of ketones is 1. The van der Waals surface area contributed by atoms with Gasteiger partial charge in [-0.1, -0.05) is 25.7 Å². The Bertz CT molecular complexity index is 267. The second-order valence-electron chi connectivity index (χ2n) is 6.43. The van der Waals surface area contributed by atoms with E-state index in [1.807, 2.05) is 0 Å². The minimum absolute atomic E-state index is 0.458. The molecule has 3 saturated carbocycles. The highest BCUT2D eigenvalue weighted by atomic mass is 16.1. The van der Waals surface area contributed by atoms with Gasteiger partial charge in [0.05, 0.1) is 0 Å². The molecule has 1 heteroatoms. The fourth-order valence-corrected chi connectivity index (χ4v) is 3.94. The molecule has 0 spiro atoms. The van der Waals surface area contributed by atoms with Crippen LogP contribution >= 0.6 is 0 Å². The van der Waals surface area contributed by atoms with E-state index in [4.69, 9.17) is 0 Å². The first-order chi connectivity index (χ1) is 7.83. The average Bonchev–Trinajstić information content (AvgIpc) is 3.12. The summed E-state index contributed by atoms with van der Waals surface area (Å²) in [5, 5.41) is 0. The fourth-order valence-electron chi connectivity index (χ4n) is 3.94. The standard InChI is InChI=1S/C15H24O/c16-15(9-11-5-6-11)14-8-7-12-3-1-2-4-13(12)10-14/h11-14H,1-10H2. The fraction of sp³-hybridized carbons (Fsp3) is 0.933. The summed E-state index contributed by atoms with van der Waals surface area (Å²) < 4.78 is 0. The maximum absolute atomic E-state index is 12.1. The van der Waals surface area contributed by atoms with Crippen LogP contribution in [0.1, 0.15) is 64.2 Å². The molecule has 0 amide bonds. The Hall–Kier alpha value is -0.330. The van der Waals surface area contributed by atoms with E-state index in [-0.39, 0.29) is 0 Å². The zero-order valence-electron chi connectivity index (χ0n) is 10.3. The summed E-state index contributed by atoms with van der Waals surface area (Å²) in [7, 11) is 0. The molecule has 0 bridgehead atoms. The van der Waals surface area contributed by atoms with Crippen molar-refractivity contribution < 1.29 is 4.79 Å². The quantitative estimate of drug-likeness (QED) is 0.703. The minimum atomic E-state index is 0.458. The lowest BCUT2D eigenvalue weighted by Crippen LogP contribution is -2.31. The summed E-state index contributed by atoms with van der Waals surface area (Å²) in [6.07, 6.45) is 13.1. The Kier molecular flexibility index (Phi) is 3.04. The summed E-state index contributed by atoms with van der Waals surface area (Å²) in [6, 6.07) is 0. The SMILES string of the molecule is O=C(CC1CC1)C1CCC2CCCCC2C1. The van der Waals surface area contributed by atoms with Crippen LogP contribution in [0.2, 0.25) is 0 Å². The third-order valence-electron chi connectivity index (χ3n) is 5.18. The second-order valence-corrected chi connectivity index (χ2v) is 6.43. The largest absolute Gasteiger partial charge is 0.299 e. The van der Waals surface area contributed by atoms with Crippen LogP contribution in [0.3, 0.4) is 0 Å². The van der Waals surface area contributed by atoms with E-state index in [0.717, 1.165) is 24.2 Å². The molecular weight excluding hydrogens is 196 g/mol. The number of rotatable bonds is 3. The van der Waals surface area contributed by atoms with Crippen LogP contribution in [-0.4, -0.2) is 5.78 Å². The first-order valence-corrected chi connectivity index (χ1v) is 7.35. The van der Waals surface area contributed by atoms with Gasteiger partial charge in [0, 0.05) is 12.3 Å². The molecule has 0 saturated heterocycles. The molecule has 0 N–H and O–H groups in total. The highest BCUT2D eigenvalue weighted by Gasteiger charge is 2.36. The van der Waals surface area contributed by atoms with Crippen molar-refractivity contribution in [3.8, 4) is 0 Å². The molecule has 3 aliphatic rings. The van der Waals surface area contributed by atoms with E-state index in [1.165, 1.54) is 57.8 Å².